The van der Waals surface area contributed by atoms with Gasteiger partial charge in [0.2, 0.25) is 0 Å². The van der Waals surface area contributed by atoms with Crippen LogP contribution in [0.3, 0.4) is 0 Å². The molecule has 0 spiro atoms. The van der Waals surface area contributed by atoms with E-state index in [2.05, 4.69) is 15.3 Å². The van der Waals surface area contributed by atoms with Gasteiger partial charge in [0, 0.05) is 24.8 Å². The van der Waals surface area contributed by atoms with E-state index in [0.29, 0.717) is 30.7 Å². The first kappa shape index (κ1) is 21.0. The van der Waals surface area contributed by atoms with Gasteiger partial charge in [0.05, 0.1) is 29.7 Å². The fourth-order valence-electron chi connectivity index (χ4n) is 3.44. The third kappa shape index (κ3) is 4.42. The molecule has 1 fully saturated rings. The first-order chi connectivity index (χ1) is 14.9. The number of carbonyl (C=O) groups is 1. The van der Waals surface area contributed by atoms with Crippen LogP contribution < -0.4 is 5.32 Å². The number of aliphatic hydroxyl groups excluding tert-OH is 1. The van der Waals surface area contributed by atoms with Gasteiger partial charge in [0.1, 0.15) is 28.8 Å². The Hall–Kier alpha value is -3.30. The Bertz CT molecular complexity index is 1110. The van der Waals surface area contributed by atoms with Crippen molar-refractivity contribution < 1.29 is 27.8 Å². The minimum atomic E-state index is -0.994. The van der Waals surface area contributed by atoms with Crippen molar-refractivity contribution in [1.29, 1.82) is 0 Å². The summed E-state index contributed by atoms with van der Waals surface area (Å²) in [4.78, 5) is 20.6. The molecule has 1 amide bonds. The maximum Gasteiger partial charge on any atom is 0.274 e. The van der Waals surface area contributed by atoms with Crippen molar-refractivity contribution in [3.63, 3.8) is 0 Å². The van der Waals surface area contributed by atoms with Crippen molar-refractivity contribution in [2.24, 2.45) is 0 Å². The molecule has 0 bridgehead atoms. The number of hydrogen-bond acceptors (Lipinski definition) is 5. The van der Waals surface area contributed by atoms with Gasteiger partial charge in [-0.15, -0.1) is 0 Å². The lowest BCUT2D eigenvalue weighted by Crippen LogP contribution is -2.25. The summed E-state index contributed by atoms with van der Waals surface area (Å²) in [6, 6.07) is 6.81. The van der Waals surface area contributed by atoms with Gasteiger partial charge in [-0.05, 0) is 36.8 Å². The second kappa shape index (κ2) is 8.83. The third-order valence-corrected chi connectivity index (χ3v) is 4.98. The number of anilines is 1. The van der Waals surface area contributed by atoms with Crippen LogP contribution in [-0.2, 0) is 4.74 Å². The van der Waals surface area contributed by atoms with Crippen LogP contribution in [0.15, 0.2) is 48.8 Å². The topological polar surface area (TPSA) is 84.3 Å². The Morgan fingerprint density at radius 2 is 1.87 bits per heavy atom. The van der Waals surface area contributed by atoms with E-state index in [4.69, 9.17) is 4.74 Å². The van der Waals surface area contributed by atoms with E-state index in [1.807, 2.05) is 0 Å². The Balaban J connectivity index is 1.64. The molecule has 6 nitrogen and oxygen atoms in total. The number of rotatable bonds is 4. The zero-order chi connectivity index (χ0) is 22.0. The molecule has 1 aromatic carbocycles. The molecular formula is C22H18F3N3O3. The molecule has 0 saturated carbocycles. The third-order valence-electron chi connectivity index (χ3n) is 4.98. The predicted octanol–water partition coefficient (Wildman–Crippen LogP) is 4.03. The minimum absolute atomic E-state index is 0.238. The van der Waals surface area contributed by atoms with Gasteiger partial charge in [0.25, 0.3) is 5.91 Å². The van der Waals surface area contributed by atoms with E-state index >= 15 is 0 Å². The standard InChI is InChI=1S/C22H18F3N3O3/c23-14-2-1-3-15(24)20(14)21-16(25)4-5-17(27-21)22(30)28-18-11-26-8-6-13(18)19-10-12(29)7-9-31-19/h1-6,8,11-12,19,29H,7,9-10H2,(H,28,30)/t12-,19+/m1/s1. The van der Waals surface area contributed by atoms with E-state index in [-0.39, 0.29) is 5.69 Å². The second-order valence-corrected chi connectivity index (χ2v) is 7.08. The van der Waals surface area contributed by atoms with Crippen molar-refractivity contribution in [2.75, 3.05) is 11.9 Å². The normalized spacial score (nSPS) is 18.6. The summed E-state index contributed by atoms with van der Waals surface area (Å²) in [5.41, 5.74) is -0.547. The summed E-state index contributed by atoms with van der Waals surface area (Å²) in [5.74, 6) is -3.67. The van der Waals surface area contributed by atoms with Gasteiger partial charge in [-0.25, -0.2) is 18.2 Å². The first-order valence-electron chi connectivity index (χ1n) is 9.60. The molecule has 2 N–H and O–H groups in total. The lowest BCUT2D eigenvalue weighted by molar-refractivity contribution is -0.0444. The lowest BCUT2D eigenvalue weighted by Gasteiger charge is -2.28. The number of ether oxygens (including phenoxy) is 1. The van der Waals surface area contributed by atoms with Crippen LogP contribution in [0, 0.1) is 17.5 Å². The highest BCUT2D eigenvalue weighted by Crippen LogP contribution is 2.33. The highest BCUT2D eigenvalue weighted by Gasteiger charge is 2.26. The fourth-order valence-corrected chi connectivity index (χ4v) is 3.44. The van der Waals surface area contributed by atoms with Crippen LogP contribution in [0.2, 0.25) is 0 Å². The zero-order valence-electron chi connectivity index (χ0n) is 16.2. The van der Waals surface area contributed by atoms with Crippen molar-refractivity contribution in [2.45, 2.75) is 25.0 Å². The van der Waals surface area contributed by atoms with E-state index < -0.39 is 46.8 Å². The van der Waals surface area contributed by atoms with Gasteiger partial charge in [-0.2, -0.15) is 0 Å². The summed E-state index contributed by atoms with van der Waals surface area (Å²) in [6.07, 6.45) is 2.87. The lowest BCUT2D eigenvalue weighted by atomic mass is 9.99. The molecule has 3 heterocycles. The van der Waals surface area contributed by atoms with Gasteiger partial charge in [-0.3, -0.25) is 9.78 Å². The first-order valence-corrected chi connectivity index (χ1v) is 9.60. The number of aliphatic hydroxyl groups is 1. The van der Waals surface area contributed by atoms with Gasteiger partial charge in [0.15, 0.2) is 0 Å². The van der Waals surface area contributed by atoms with Crippen molar-refractivity contribution >= 4 is 11.6 Å². The number of amides is 1. The molecule has 31 heavy (non-hydrogen) atoms. The highest BCUT2D eigenvalue weighted by molar-refractivity contribution is 6.03. The maximum atomic E-state index is 14.3. The molecule has 0 radical (unpaired) electrons. The van der Waals surface area contributed by atoms with E-state index in [9.17, 15) is 23.1 Å². The van der Waals surface area contributed by atoms with Gasteiger partial charge < -0.3 is 15.2 Å². The number of nitrogens with zero attached hydrogens (tertiary/aromatic N) is 2. The number of pyridine rings is 2. The zero-order valence-corrected chi connectivity index (χ0v) is 16.2. The largest absolute Gasteiger partial charge is 0.393 e. The summed E-state index contributed by atoms with van der Waals surface area (Å²) in [7, 11) is 0. The summed E-state index contributed by atoms with van der Waals surface area (Å²) < 4.78 is 48.2. The smallest absolute Gasteiger partial charge is 0.274 e. The monoisotopic (exact) mass is 429 g/mol. The molecule has 2 aromatic heterocycles. The molecular weight excluding hydrogens is 411 g/mol. The molecule has 0 unspecified atom stereocenters. The average molecular weight is 429 g/mol. The SMILES string of the molecule is O=C(Nc1cnccc1[C@@H]1C[C@H](O)CCO1)c1ccc(F)c(-c2c(F)cccc2F)n1. The molecule has 9 heteroatoms. The minimum Gasteiger partial charge on any atom is -0.393 e. The van der Waals surface area contributed by atoms with Gasteiger partial charge in [-0.1, -0.05) is 6.07 Å². The Kier molecular flexibility index (Phi) is 5.97. The molecule has 0 aliphatic carbocycles. The van der Waals surface area contributed by atoms with E-state index in [1.165, 1.54) is 12.4 Å². The molecule has 160 valence electrons. The van der Waals surface area contributed by atoms with Crippen molar-refractivity contribution in [3.05, 3.63) is 77.5 Å². The summed E-state index contributed by atoms with van der Waals surface area (Å²) in [5, 5.41) is 12.5. The highest BCUT2D eigenvalue weighted by atomic mass is 19.1. The molecule has 1 aliphatic heterocycles. The summed E-state index contributed by atoms with van der Waals surface area (Å²) in [6.45, 7) is 0.374. The molecule has 1 aliphatic rings. The average Bonchev–Trinajstić information content (AvgIpc) is 2.75. The number of hydrogen-bond donors (Lipinski definition) is 2. The molecule has 4 rings (SSSR count). The van der Waals surface area contributed by atoms with Gasteiger partial charge >= 0.3 is 0 Å². The molecule has 1 saturated heterocycles. The Morgan fingerprint density at radius 1 is 1.10 bits per heavy atom. The maximum absolute atomic E-state index is 14.3. The predicted molar refractivity (Wildman–Crippen MR) is 106 cm³/mol. The number of nitrogens with one attached hydrogen (secondary N) is 1. The number of carbonyl (C=O) groups excluding carboxylic acids is 1. The number of aromatic nitrogens is 2. The number of halogens is 3. The quantitative estimate of drug-likeness (QED) is 0.654. The molecule has 2 atom stereocenters. The van der Waals surface area contributed by atoms with E-state index in [1.54, 1.807) is 6.07 Å². The van der Waals surface area contributed by atoms with Crippen LogP contribution in [0.25, 0.3) is 11.3 Å². The van der Waals surface area contributed by atoms with Crippen LogP contribution >= 0.6 is 0 Å². The van der Waals surface area contributed by atoms with Crippen molar-refractivity contribution in [1.82, 2.24) is 9.97 Å². The number of benzene rings is 1. The van der Waals surface area contributed by atoms with Crippen LogP contribution in [0.1, 0.15) is 35.0 Å². The van der Waals surface area contributed by atoms with Crippen LogP contribution in [0.4, 0.5) is 18.9 Å². The van der Waals surface area contributed by atoms with E-state index in [0.717, 1.165) is 30.3 Å². The van der Waals surface area contributed by atoms with Crippen LogP contribution in [-0.4, -0.2) is 33.7 Å². The fraction of sp³-hybridized carbons (Fsp3) is 0.227. The van der Waals surface area contributed by atoms with Crippen LogP contribution in [0.5, 0.6) is 0 Å². The van der Waals surface area contributed by atoms with Crippen molar-refractivity contribution in [3.8, 4) is 11.3 Å². The summed E-state index contributed by atoms with van der Waals surface area (Å²) >= 11 is 0. The molecule has 3 aromatic rings. The Labute approximate surface area is 175 Å². The Morgan fingerprint density at radius 3 is 2.61 bits per heavy atom. The second-order valence-electron chi connectivity index (χ2n) is 7.08.